The van der Waals surface area contributed by atoms with Crippen LogP contribution in [0, 0.1) is 5.92 Å². The summed E-state index contributed by atoms with van der Waals surface area (Å²) in [6.45, 7) is 3.59. The van der Waals surface area contributed by atoms with Gasteiger partial charge in [-0.25, -0.2) is 9.78 Å². The monoisotopic (exact) mass is 526 g/mol. The van der Waals surface area contributed by atoms with Crippen molar-refractivity contribution >= 4 is 35.6 Å². The third kappa shape index (κ3) is 12.0. The minimum atomic E-state index is -1.57. The maximum absolute atomic E-state index is 13.0. The second kappa shape index (κ2) is 15.2. The molecule has 15 nitrogen and oxygen atoms in total. The van der Waals surface area contributed by atoms with Gasteiger partial charge >= 0.3 is 17.9 Å². The van der Waals surface area contributed by atoms with Crippen LogP contribution in [0.15, 0.2) is 12.5 Å². The zero-order valence-corrected chi connectivity index (χ0v) is 20.6. The van der Waals surface area contributed by atoms with E-state index in [4.69, 9.17) is 15.9 Å². The van der Waals surface area contributed by atoms with E-state index in [1.807, 2.05) is 0 Å². The van der Waals surface area contributed by atoms with Gasteiger partial charge in [0.25, 0.3) is 0 Å². The number of carboxylic acid groups (broad SMARTS) is 3. The minimum absolute atomic E-state index is 0.0708. The molecule has 0 spiro atoms. The minimum Gasteiger partial charge on any atom is -0.481 e. The first-order valence-electron chi connectivity index (χ1n) is 11.6. The van der Waals surface area contributed by atoms with Gasteiger partial charge in [0.15, 0.2) is 0 Å². The maximum atomic E-state index is 13.0. The number of carbonyl (C=O) groups excluding carboxylic acids is 3. The van der Waals surface area contributed by atoms with Crippen LogP contribution >= 0.6 is 0 Å². The molecule has 15 heteroatoms. The van der Waals surface area contributed by atoms with Gasteiger partial charge in [0.05, 0.1) is 12.4 Å². The van der Waals surface area contributed by atoms with Gasteiger partial charge in [0.2, 0.25) is 17.7 Å². The number of H-pyrrole nitrogens is 1. The molecule has 0 aliphatic heterocycles. The number of aromatic amines is 1. The number of hydrogen-bond donors (Lipinski definition) is 8. The topological polar surface area (TPSA) is 254 Å². The summed E-state index contributed by atoms with van der Waals surface area (Å²) in [4.78, 5) is 78.4. The second-order valence-electron chi connectivity index (χ2n) is 8.90. The highest BCUT2D eigenvalue weighted by Crippen LogP contribution is 2.09. The van der Waals surface area contributed by atoms with Gasteiger partial charge in [-0.15, -0.1) is 0 Å². The molecular formula is C22H34N6O9. The van der Waals surface area contributed by atoms with E-state index in [0.717, 1.165) is 0 Å². The third-order valence-corrected chi connectivity index (χ3v) is 5.21. The fourth-order valence-electron chi connectivity index (χ4n) is 3.31. The lowest BCUT2D eigenvalue weighted by molar-refractivity contribution is -0.144. The number of aromatic nitrogens is 2. The van der Waals surface area contributed by atoms with Gasteiger partial charge in [-0.2, -0.15) is 0 Å². The Morgan fingerprint density at radius 1 is 0.865 bits per heavy atom. The second-order valence-corrected chi connectivity index (χ2v) is 8.90. The molecule has 0 aliphatic rings. The molecule has 0 aliphatic carbocycles. The number of aliphatic carboxylic acids is 3. The van der Waals surface area contributed by atoms with Crippen LogP contribution in [0.3, 0.4) is 0 Å². The first-order chi connectivity index (χ1) is 17.3. The lowest BCUT2D eigenvalue weighted by Crippen LogP contribution is -2.57. The number of carboxylic acids is 3. The van der Waals surface area contributed by atoms with Crippen molar-refractivity contribution in [1.29, 1.82) is 0 Å². The van der Waals surface area contributed by atoms with E-state index in [2.05, 4.69) is 25.9 Å². The summed E-state index contributed by atoms with van der Waals surface area (Å²) in [5.41, 5.74) is 6.54. The van der Waals surface area contributed by atoms with E-state index in [9.17, 15) is 33.9 Å². The number of imidazole rings is 1. The fourth-order valence-corrected chi connectivity index (χ4v) is 3.31. The van der Waals surface area contributed by atoms with Crippen LogP contribution in [-0.2, 0) is 35.2 Å². The van der Waals surface area contributed by atoms with Crippen molar-refractivity contribution in [2.45, 2.75) is 76.5 Å². The summed E-state index contributed by atoms with van der Waals surface area (Å²) in [6, 6.07) is -5.16. The zero-order valence-electron chi connectivity index (χ0n) is 20.6. The van der Waals surface area contributed by atoms with Crippen molar-refractivity contribution in [3.8, 4) is 0 Å². The molecular weight excluding hydrogens is 492 g/mol. The zero-order chi connectivity index (χ0) is 28.1. The highest BCUT2D eigenvalue weighted by atomic mass is 16.4. The number of carbonyl (C=O) groups is 6. The molecule has 0 fully saturated rings. The lowest BCUT2D eigenvalue weighted by Gasteiger charge is -2.26. The Balaban J connectivity index is 2.98. The number of hydrogen-bond acceptors (Lipinski definition) is 8. The third-order valence-electron chi connectivity index (χ3n) is 5.21. The van der Waals surface area contributed by atoms with E-state index in [1.54, 1.807) is 13.8 Å². The summed E-state index contributed by atoms with van der Waals surface area (Å²) >= 11 is 0. The maximum Gasteiger partial charge on any atom is 0.326 e. The van der Waals surface area contributed by atoms with Crippen molar-refractivity contribution in [2.75, 3.05) is 0 Å². The van der Waals surface area contributed by atoms with Gasteiger partial charge in [-0.05, 0) is 25.2 Å². The van der Waals surface area contributed by atoms with E-state index in [1.165, 1.54) is 12.5 Å². The highest BCUT2D eigenvalue weighted by molar-refractivity contribution is 5.94. The lowest BCUT2D eigenvalue weighted by atomic mass is 10.0. The van der Waals surface area contributed by atoms with Crippen LogP contribution < -0.4 is 21.7 Å². The van der Waals surface area contributed by atoms with E-state index < -0.39 is 79.1 Å². The summed E-state index contributed by atoms with van der Waals surface area (Å²) in [5.74, 6) is -6.52. The van der Waals surface area contributed by atoms with E-state index in [-0.39, 0.29) is 25.2 Å². The highest BCUT2D eigenvalue weighted by Gasteiger charge is 2.31. The van der Waals surface area contributed by atoms with Crippen molar-refractivity contribution in [2.24, 2.45) is 11.7 Å². The van der Waals surface area contributed by atoms with E-state index >= 15 is 0 Å². The molecule has 9 N–H and O–H groups in total. The molecule has 4 unspecified atom stereocenters. The Morgan fingerprint density at radius 3 is 1.86 bits per heavy atom. The summed E-state index contributed by atoms with van der Waals surface area (Å²) in [5, 5.41) is 34.2. The van der Waals surface area contributed by atoms with Crippen LogP contribution in [0.5, 0.6) is 0 Å². The largest absolute Gasteiger partial charge is 0.481 e. The van der Waals surface area contributed by atoms with Gasteiger partial charge in [0, 0.05) is 31.2 Å². The molecule has 0 aromatic carbocycles. The van der Waals surface area contributed by atoms with Crippen LogP contribution in [0.25, 0.3) is 0 Å². The summed E-state index contributed by atoms with van der Waals surface area (Å²) in [6.07, 6.45) is 1.35. The number of nitrogens with zero attached hydrogens (tertiary/aromatic N) is 1. The Labute approximate surface area is 212 Å². The number of rotatable bonds is 17. The summed E-state index contributed by atoms with van der Waals surface area (Å²) < 4.78 is 0. The van der Waals surface area contributed by atoms with Crippen LogP contribution in [0.2, 0.25) is 0 Å². The van der Waals surface area contributed by atoms with Crippen molar-refractivity contribution in [1.82, 2.24) is 25.9 Å². The van der Waals surface area contributed by atoms with Gasteiger partial charge < -0.3 is 42.0 Å². The first-order valence-corrected chi connectivity index (χ1v) is 11.6. The van der Waals surface area contributed by atoms with E-state index in [0.29, 0.717) is 5.69 Å². The number of nitrogens with two attached hydrogens (primary N) is 1. The molecule has 0 saturated carbocycles. The molecule has 0 saturated heterocycles. The Morgan fingerprint density at radius 2 is 1.38 bits per heavy atom. The molecule has 1 heterocycles. The van der Waals surface area contributed by atoms with Gasteiger partial charge in [0.1, 0.15) is 18.1 Å². The van der Waals surface area contributed by atoms with Crippen LogP contribution in [0.4, 0.5) is 0 Å². The van der Waals surface area contributed by atoms with Gasteiger partial charge in [-0.3, -0.25) is 24.0 Å². The molecule has 0 bridgehead atoms. The Hall–Kier alpha value is -4.01. The number of amides is 3. The quantitative estimate of drug-likeness (QED) is 0.117. The molecule has 37 heavy (non-hydrogen) atoms. The molecule has 206 valence electrons. The van der Waals surface area contributed by atoms with Crippen LogP contribution in [0.1, 0.15) is 51.6 Å². The van der Waals surface area contributed by atoms with Crippen molar-refractivity contribution in [3.63, 3.8) is 0 Å². The standard InChI is InChI=1S/C22H34N6O9/c1-11(2)7-16(28-19(33)13(23)8-12-9-24-10-25-12)21(35)26-14(3-5-17(29)30)20(34)27-15(22(36)37)4-6-18(31)32/h9-11,13-16H,3-8,23H2,1-2H3,(H,24,25)(H,26,35)(H,27,34)(H,28,33)(H,29,30)(H,31,32)(H,36,37). The molecule has 1 aromatic heterocycles. The van der Waals surface area contributed by atoms with Crippen molar-refractivity contribution < 1.29 is 44.1 Å². The molecule has 4 atom stereocenters. The summed E-state index contributed by atoms with van der Waals surface area (Å²) in [7, 11) is 0. The SMILES string of the molecule is CC(C)CC(NC(=O)C(N)Cc1cnc[nH]1)C(=O)NC(CCC(=O)O)C(=O)NC(CCC(=O)O)C(=O)O. The van der Waals surface area contributed by atoms with Crippen molar-refractivity contribution in [3.05, 3.63) is 18.2 Å². The normalized spacial score (nSPS) is 14.2. The predicted molar refractivity (Wildman–Crippen MR) is 127 cm³/mol. The molecule has 1 rings (SSSR count). The Kier molecular flexibility index (Phi) is 12.7. The smallest absolute Gasteiger partial charge is 0.326 e. The van der Waals surface area contributed by atoms with Crippen LogP contribution in [-0.4, -0.2) is 85.1 Å². The first kappa shape index (κ1) is 31.0. The average Bonchev–Trinajstić information content (AvgIpc) is 3.30. The Bertz CT molecular complexity index is 950. The predicted octanol–water partition coefficient (Wildman–Crippen LogP) is -1.41. The average molecular weight is 527 g/mol. The molecule has 3 amide bonds. The molecule has 1 aromatic rings. The van der Waals surface area contributed by atoms with Gasteiger partial charge in [-0.1, -0.05) is 13.8 Å². The number of nitrogens with one attached hydrogen (secondary N) is 4. The fraction of sp³-hybridized carbons (Fsp3) is 0.591. The molecule has 0 radical (unpaired) electrons.